The van der Waals surface area contributed by atoms with Gasteiger partial charge in [0.2, 0.25) is 5.91 Å². The Balaban J connectivity index is 3.21. The number of hydrogen-bond acceptors (Lipinski definition) is 5. The van der Waals surface area contributed by atoms with E-state index in [1.165, 1.54) is 13.0 Å². The highest BCUT2D eigenvalue weighted by Gasteiger charge is 1.99. The van der Waals surface area contributed by atoms with Gasteiger partial charge in [-0.2, -0.15) is 0 Å². The van der Waals surface area contributed by atoms with E-state index < -0.39 is 0 Å². The van der Waals surface area contributed by atoms with Gasteiger partial charge >= 0.3 is 0 Å². The first-order chi connectivity index (χ1) is 8.57. The minimum Gasteiger partial charge on any atom is -0.352 e. The highest BCUT2D eigenvalue weighted by Crippen LogP contribution is 2.19. The molecular formula is C12H20N2O2S2. The number of rotatable bonds is 11. The second-order valence-electron chi connectivity index (χ2n) is 3.48. The van der Waals surface area contributed by atoms with Gasteiger partial charge in [0, 0.05) is 36.7 Å². The normalized spacial score (nSPS) is 9.83. The Hall–Kier alpha value is -0.720. The minimum atomic E-state index is -0.134. The molecule has 0 unspecified atom stereocenters. The maximum Gasteiger partial charge on any atom is 0.243 e. The maximum absolute atomic E-state index is 10.9. The molecule has 6 heteroatoms. The van der Waals surface area contributed by atoms with Crippen LogP contribution in [-0.2, 0) is 9.59 Å². The molecule has 102 valence electrons. The number of carbonyl (C=O) groups is 2. The van der Waals surface area contributed by atoms with Crippen LogP contribution in [0.2, 0.25) is 0 Å². The van der Waals surface area contributed by atoms with E-state index in [4.69, 9.17) is 0 Å². The lowest BCUT2D eigenvalue weighted by atomic mass is 10.2. The highest BCUT2D eigenvalue weighted by atomic mass is 33.1. The Kier molecular flexibility index (Phi) is 10.9. The van der Waals surface area contributed by atoms with Gasteiger partial charge in [-0.25, -0.2) is 0 Å². The summed E-state index contributed by atoms with van der Waals surface area (Å²) >= 11 is 0. The van der Waals surface area contributed by atoms with Gasteiger partial charge in [-0.1, -0.05) is 34.7 Å². The van der Waals surface area contributed by atoms with Gasteiger partial charge in [0.1, 0.15) is 0 Å². The van der Waals surface area contributed by atoms with Gasteiger partial charge in [0.15, 0.2) is 5.78 Å². The first kappa shape index (κ1) is 17.3. The van der Waals surface area contributed by atoms with Gasteiger partial charge in [-0.05, 0) is 13.0 Å². The monoisotopic (exact) mass is 288 g/mol. The van der Waals surface area contributed by atoms with Crippen molar-refractivity contribution in [3.05, 3.63) is 24.8 Å². The summed E-state index contributed by atoms with van der Waals surface area (Å²) in [6, 6.07) is 0. The van der Waals surface area contributed by atoms with Gasteiger partial charge < -0.3 is 10.6 Å². The van der Waals surface area contributed by atoms with Crippen molar-refractivity contribution in [2.75, 3.05) is 31.1 Å². The Labute approximate surface area is 116 Å². The molecule has 0 aromatic heterocycles. The molecule has 1 amide bonds. The van der Waals surface area contributed by atoms with Crippen LogP contribution in [0.25, 0.3) is 0 Å². The number of ketones is 1. The molecule has 0 aliphatic heterocycles. The van der Waals surface area contributed by atoms with E-state index in [9.17, 15) is 9.59 Å². The third-order valence-corrected chi connectivity index (χ3v) is 4.36. The molecule has 0 radical (unpaired) electrons. The van der Waals surface area contributed by atoms with Crippen LogP contribution in [0.15, 0.2) is 24.8 Å². The molecule has 0 aliphatic rings. The number of nitrogens with one attached hydrogen (secondary N) is 2. The van der Waals surface area contributed by atoms with Crippen LogP contribution in [0.1, 0.15) is 6.92 Å². The van der Waals surface area contributed by atoms with Crippen molar-refractivity contribution in [2.24, 2.45) is 0 Å². The van der Waals surface area contributed by atoms with Crippen molar-refractivity contribution in [1.82, 2.24) is 10.6 Å². The third-order valence-electron chi connectivity index (χ3n) is 1.95. The molecule has 0 fully saturated rings. The van der Waals surface area contributed by atoms with Crippen LogP contribution in [0.5, 0.6) is 0 Å². The zero-order chi connectivity index (χ0) is 13.8. The van der Waals surface area contributed by atoms with Crippen LogP contribution in [0.3, 0.4) is 0 Å². The van der Waals surface area contributed by atoms with Crippen LogP contribution < -0.4 is 10.6 Å². The fourth-order valence-electron chi connectivity index (χ4n) is 0.884. The zero-order valence-corrected chi connectivity index (χ0v) is 12.3. The van der Waals surface area contributed by atoms with Crippen LogP contribution >= 0.6 is 21.6 Å². The predicted molar refractivity (Wildman–Crippen MR) is 80.8 cm³/mol. The first-order valence-electron chi connectivity index (χ1n) is 5.62. The molecule has 0 aromatic rings. The summed E-state index contributed by atoms with van der Waals surface area (Å²) in [6.07, 6.45) is 1.27. The predicted octanol–water partition coefficient (Wildman–Crippen LogP) is 1.40. The largest absolute Gasteiger partial charge is 0.352 e. The van der Waals surface area contributed by atoms with Gasteiger partial charge in [0.25, 0.3) is 0 Å². The average molecular weight is 288 g/mol. The van der Waals surface area contributed by atoms with Crippen LogP contribution in [0.4, 0.5) is 0 Å². The highest BCUT2D eigenvalue weighted by molar-refractivity contribution is 8.76. The molecule has 0 spiro atoms. The van der Waals surface area contributed by atoms with Crippen molar-refractivity contribution in [2.45, 2.75) is 6.92 Å². The van der Waals surface area contributed by atoms with E-state index in [1.807, 2.05) is 0 Å². The van der Waals surface area contributed by atoms with Crippen LogP contribution in [0, 0.1) is 0 Å². The average Bonchev–Trinajstić information content (AvgIpc) is 2.35. The summed E-state index contributed by atoms with van der Waals surface area (Å²) < 4.78 is 0. The quantitative estimate of drug-likeness (QED) is 0.342. The molecule has 0 saturated heterocycles. The summed E-state index contributed by atoms with van der Waals surface area (Å²) in [6.45, 7) is 10.6. The summed E-state index contributed by atoms with van der Waals surface area (Å²) in [4.78, 5) is 21.7. The third kappa shape index (κ3) is 10.4. The molecule has 0 aromatic carbocycles. The smallest absolute Gasteiger partial charge is 0.243 e. The lowest BCUT2D eigenvalue weighted by molar-refractivity contribution is -0.116. The van der Waals surface area contributed by atoms with Gasteiger partial charge in [0.05, 0.1) is 0 Å². The molecular weight excluding hydrogens is 268 g/mol. The van der Waals surface area contributed by atoms with E-state index in [0.717, 1.165) is 18.1 Å². The summed E-state index contributed by atoms with van der Waals surface area (Å²) in [5.74, 6) is 1.71. The Morgan fingerprint density at radius 3 is 2.39 bits per heavy atom. The van der Waals surface area contributed by atoms with Gasteiger partial charge in [-0.3, -0.25) is 9.59 Å². The summed E-state index contributed by atoms with van der Waals surface area (Å²) in [5, 5.41) is 5.85. The lowest BCUT2D eigenvalue weighted by Gasteiger charge is -2.05. The molecule has 0 rings (SSSR count). The second kappa shape index (κ2) is 11.4. The molecule has 0 heterocycles. The first-order valence-corrected chi connectivity index (χ1v) is 8.10. The SMILES string of the molecule is C=CC(=O)NCCSSCCNCC(=C)C(C)=O. The molecule has 0 saturated carbocycles. The van der Waals surface area contributed by atoms with Crippen LogP contribution in [-0.4, -0.2) is 42.8 Å². The Morgan fingerprint density at radius 2 is 1.83 bits per heavy atom. The number of carbonyl (C=O) groups excluding carboxylic acids is 2. The van der Waals surface area contributed by atoms with Crippen molar-refractivity contribution < 1.29 is 9.59 Å². The van der Waals surface area contributed by atoms with E-state index in [2.05, 4.69) is 23.8 Å². The van der Waals surface area contributed by atoms with E-state index in [1.54, 1.807) is 21.6 Å². The fourth-order valence-corrected chi connectivity index (χ4v) is 2.74. The lowest BCUT2D eigenvalue weighted by Crippen LogP contribution is -2.23. The molecule has 18 heavy (non-hydrogen) atoms. The molecule has 0 atom stereocenters. The number of hydrogen-bond donors (Lipinski definition) is 2. The topological polar surface area (TPSA) is 58.2 Å². The molecule has 4 nitrogen and oxygen atoms in total. The number of amides is 1. The summed E-state index contributed by atoms with van der Waals surface area (Å²) in [5.41, 5.74) is 0.611. The van der Waals surface area contributed by atoms with Crippen molar-refractivity contribution >= 4 is 33.3 Å². The second-order valence-corrected chi connectivity index (χ2v) is 6.18. The van der Waals surface area contributed by atoms with Crippen molar-refractivity contribution in [3.63, 3.8) is 0 Å². The van der Waals surface area contributed by atoms with Crippen molar-refractivity contribution in [3.8, 4) is 0 Å². The van der Waals surface area contributed by atoms with Crippen molar-refractivity contribution in [1.29, 1.82) is 0 Å². The van der Waals surface area contributed by atoms with E-state index in [0.29, 0.717) is 18.7 Å². The summed E-state index contributed by atoms with van der Waals surface area (Å²) in [7, 11) is 3.44. The Morgan fingerprint density at radius 1 is 1.22 bits per heavy atom. The van der Waals surface area contributed by atoms with E-state index in [-0.39, 0.29) is 11.7 Å². The standard InChI is InChI=1S/C12H20N2O2S2/c1-4-12(16)14-6-8-18-17-7-5-13-9-10(2)11(3)15/h4,13H,1-2,5-9H2,3H3,(H,14,16). The molecule has 2 N–H and O–H groups in total. The minimum absolute atomic E-state index is 0.0301. The Bertz CT molecular complexity index is 306. The van der Waals surface area contributed by atoms with E-state index >= 15 is 0 Å². The van der Waals surface area contributed by atoms with Gasteiger partial charge in [-0.15, -0.1) is 0 Å². The zero-order valence-electron chi connectivity index (χ0n) is 10.7. The maximum atomic E-state index is 10.9. The molecule has 0 bridgehead atoms. The fraction of sp³-hybridized carbons (Fsp3) is 0.500. The molecule has 0 aliphatic carbocycles. The number of Topliss-reactive ketones (excluding diaryl/α,β-unsaturated/α-hetero) is 1.